The van der Waals surface area contributed by atoms with Gasteiger partial charge in [0.1, 0.15) is 17.5 Å². The highest BCUT2D eigenvalue weighted by Gasteiger charge is 2.39. The minimum absolute atomic E-state index is 0.0184. The Bertz CT molecular complexity index is 812. The summed E-state index contributed by atoms with van der Waals surface area (Å²) in [6, 6.07) is 16.6. The molecule has 0 bridgehead atoms. The number of rotatable bonds is 4. The van der Waals surface area contributed by atoms with Crippen LogP contribution in [0.2, 0.25) is 0 Å². The van der Waals surface area contributed by atoms with Crippen molar-refractivity contribution in [3.63, 3.8) is 0 Å². The molecule has 1 unspecified atom stereocenters. The van der Waals surface area contributed by atoms with Crippen molar-refractivity contribution in [2.24, 2.45) is 0 Å². The zero-order chi connectivity index (χ0) is 19.3. The average molecular weight is 378 g/mol. The Hall–Kier alpha value is -2.82. The highest BCUT2D eigenvalue weighted by atomic mass is 16.5. The summed E-state index contributed by atoms with van der Waals surface area (Å²) < 4.78 is 5.83. The summed E-state index contributed by atoms with van der Waals surface area (Å²) in [6.07, 6.45) is 5.48. The molecule has 0 saturated carbocycles. The number of likely N-dealkylation sites (tertiary alicyclic amines) is 1. The molecular weight excluding hydrogens is 352 g/mol. The van der Waals surface area contributed by atoms with Crippen LogP contribution in [0, 0.1) is 0 Å². The zero-order valence-corrected chi connectivity index (χ0v) is 16.0. The summed E-state index contributed by atoms with van der Waals surface area (Å²) in [5.74, 6) is 1.58. The molecule has 2 fully saturated rings. The number of anilines is 1. The third kappa shape index (κ3) is 4.03. The van der Waals surface area contributed by atoms with E-state index in [0.717, 1.165) is 37.4 Å². The molecule has 5 nitrogen and oxygen atoms in total. The number of carbonyl (C=O) groups excluding carboxylic acids is 2. The number of amides is 2. The van der Waals surface area contributed by atoms with Gasteiger partial charge in [-0.05, 0) is 55.7 Å². The number of para-hydroxylation sites is 1. The van der Waals surface area contributed by atoms with Crippen molar-refractivity contribution in [3.8, 4) is 11.5 Å². The number of benzene rings is 2. The molecule has 2 amide bonds. The third-order valence-electron chi connectivity index (χ3n) is 5.51. The number of hydrogen-bond acceptors (Lipinski definition) is 3. The van der Waals surface area contributed by atoms with E-state index in [-0.39, 0.29) is 17.9 Å². The van der Waals surface area contributed by atoms with Crippen LogP contribution < -0.4 is 9.64 Å². The zero-order valence-electron chi connectivity index (χ0n) is 16.0. The van der Waals surface area contributed by atoms with Crippen LogP contribution in [-0.2, 0) is 9.59 Å². The van der Waals surface area contributed by atoms with Gasteiger partial charge in [0.2, 0.25) is 11.8 Å². The first kappa shape index (κ1) is 18.5. The van der Waals surface area contributed by atoms with Crippen molar-refractivity contribution in [1.29, 1.82) is 0 Å². The van der Waals surface area contributed by atoms with Gasteiger partial charge in [0, 0.05) is 25.2 Å². The van der Waals surface area contributed by atoms with Crippen LogP contribution in [0.3, 0.4) is 0 Å². The fraction of sp³-hybridized carbons (Fsp3) is 0.391. The van der Waals surface area contributed by atoms with Crippen LogP contribution in [0.25, 0.3) is 0 Å². The van der Waals surface area contributed by atoms with E-state index in [9.17, 15) is 9.59 Å². The van der Waals surface area contributed by atoms with Crippen LogP contribution in [0.4, 0.5) is 5.69 Å². The fourth-order valence-electron chi connectivity index (χ4n) is 4.04. The maximum absolute atomic E-state index is 13.1. The van der Waals surface area contributed by atoms with E-state index in [1.165, 1.54) is 12.8 Å². The molecule has 0 aromatic heterocycles. The molecule has 2 heterocycles. The van der Waals surface area contributed by atoms with Gasteiger partial charge < -0.3 is 9.64 Å². The van der Waals surface area contributed by atoms with Crippen molar-refractivity contribution in [2.45, 2.75) is 44.6 Å². The smallest absolute Gasteiger partial charge is 0.245 e. The van der Waals surface area contributed by atoms with Gasteiger partial charge in [-0.1, -0.05) is 31.0 Å². The van der Waals surface area contributed by atoms with Gasteiger partial charge >= 0.3 is 0 Å². The minimum atomic E-state index is -0.383. The molecule has 2 aromatic carbocycles. The molecule has 0 spiro atoms. The summed E-state index contributed by atoms with van der Waals surface area (Å²) >= 11 is 0. The SMILES string of the molecule is O=C(C1CCC(=O)N1c1ccc(Oc2ccccc2)cc1)N1CCCCCC1. The molecule has 2 aromatic rings. The quantitative estimate of drug-likeness (QED) is 0.793. The summed E-state index contributed by atoms with van der Waals surface area (Å²) in [5, 5.41) is 0. The van der Waals surface area contributed by atoms with E-state index in [0.29, 0.717) is 18.6 Å². The van der Waals surface area contributed by atoms with Crippen molar-refractivity contribution in [3.05, 3.63) is 54.6 Å². The Kier molecular flexibility index (Phi) is 5.60. The first-order chi connectivity index (χ1) is 13.7. The lowest BCUT2D eigenvalue weighted by molar-refractivity contribution is -0.133. The molecule has 2 aliphatic heterocycles. The second-order valence-corrected chi connectivity index (χ2v) is 7.47. The van der Waals surface area contributed by atoms with Crippen LogP contribution >= 0.6 is 0 Å². The number of hydrogen-bond donors (Lipinski definition) is 0. The average Bonchev–Trinajstić information content (AvgIpc) is 2.93. The standard InChI is InChI=1S/C23H26N2O3/c26-22-15-14-21(23(27)24-16-6-1-2-7-17-24)25(22)18-10-12-20(13-11-18)28-19-8-4-3-5-9-19/h3-5,8-13,21H,1-2,6-7,14-17H2. The Balaban J connectivity index is 1.49. The summed E-state index contributed by atoms with van der Waals surface area (Å²) in [7, 11) is 0. The molecule has 1 atom stereocenters. The lowest BCUT2D eigenvalue weighted by Crippen LogP contribution is -2.47. The van der Waals surface area contributed by atoms with E-state index >= 15 is 0 Å². The maximum atomic E-state index is 13.1. The molecule has 0 N–H and O–H groups in total. The normalized spacial score (nSPS) is 20.1. The molecule has 4 rings (SSSR count). The van der Waals surface area contributed by atoms with Crippen LogP contribution in [0.1, 0.15) is 38.5 Å². The lowest BCUT2D eigenvalue weighted by Gasteiger charge is -2.29. The molecular formula is C23H26N2O3. The van der Waals surface area contributed by atoms with E-state index in [1.807, 2.05) is 59.5 Å². The largest absolute Gasteiger partial charge is 0.457 e. The molecule has 2 saturated heterocycles. The van der Waals surface area contributed by atoms with Gasteiger partial charge in [0.15, 0.2) is 0 Å². The fourth-order valence-corrected chi connectivity index (χ4v) is 4.04. The van der Waals surface area contributed by atoms with Gasteiger partial charge in [0.25, 0.3) is 0 Å². The monoisotopic (exact) mass is 378 g/mol. The molecule has 28 heavy (non-hydrogen) atoms. The van der Waals surface area contributed by atoms with Crippen molar-refractivity contribution >= 4 is 17.5 Å². The third-order valence-corrected chi connectivity index (χ3v) is 5.51. The van der Waals surface area contributed by atoms with E-state index in [2.05, 4.69) is 0 Å². The van der Waals surface area contributed by atoms with Crippen LogP contribution in [0.5, 0.6) is 11.5 Å². The molecule has 5 heteroatoms. The Labute approximate surface area is 165 Å². The van der Waals surface area contributed by atoms with E-state index < -0.39 is 0 Å². The maximum Gasteiger partial charge on any atom is 0.245 e. The highest BCUT2D eigenvalue weighted by Crippen LogP contribution is 2.31. The van der Waals surface area contributed by atoms with E-state index in [4.69, 9.17) is 4.74 Å². The van der Waals surface area contributed by atoms with Crippen molar-refractivity contribution < 1.29 is 14.3 Å². The Morgan fingerprint density at radius 3 is 2.18 bits per heavy atom. The molecule has 2 aliphatic rings. The first-order valence-corrected chi connectivity index (χ1v) is 10.2. The summed E-state index contributed by atoms with van der Waals surface area (Å²) in [6.45, 7) is 1.61. The predicted molar refractivity (Wildman–Crippen MR) is 109 cm³/mol. The second-order valence-electron chi connectivity index (χ2n) is 7.47. The van der Waals surface area contributed by atoms with Crippen LogP contribution in [0.15, 0.2) is 54.6 Å². The van der Waals surface area contributed by atoms with Crippen molar-refractivity contribution in [1.82, 2.24) is 4.90 Å². The van der Waals surface area contributed by atoms with Gasteiger partial charge in [-0.2, -0.15) is 0 Å². The number of carbonyl (C=O) groups is 2. The van der Waals surface area contributed by atoms with Gasteiger partial charge in [-0.3, -0.25) is 14.5 Å². The Morgan fingerprint density at radius 1 is 0.857 bits per heavy atom. The van der Waals surface area contributed by atoms with Crippen LogP contribution in [-0.4, -0.2) is 35.8 Å². The highest BCUT2D eigenvalue weighted by molar-refractivity contribution is 6.03. The van der Waals surface area contributed by atoms with Gasteiger partial charge in [-0.15, -0.1) is 0 Å². The molecule has 0 aliphatic carbocycles. The molecule has 0 radical (unpaired) electrons. The van der Waals surface area contributed by atoms with Crippen molar-refractivity contribution in [2.75, 3.05) is 18.0 Å². The van der Waals surface area contributed by atoms with Gasteiger partial charge in [0.05, 0.1) is 0 Å². The number of nitrogens with zero attached hydrogens (tertiary/aromatic N) is 2. The number of ether oxygens (including phenoxy) is 1. The summed E-state index contributed by atoms with van der Waals surface area (Å²) in [4.78, 5) is 29.3. The minimum Gasteiger partial charge on any atom is -0.457 e. The topological polar surface area (TPSA) is 49.9 Å². The summed E-state index contributed by atoms with van der Waals surface area (Å²) in [5.41, 5.74) is 0.760. The molecule has 146 valence electrons. The first-order valence-electron chi connectivity index (χ1n) is 10.2. The predicted octanol–water partition coefficient (Wildman–Crippen LogP) is 4.38. The second kappa shape index (κ2) is 8.46. The Morgan fingerprint density at radius 2 is 1.50 bits per heavy atom. The van der Waals surface area contributed by atoms with Gasteiger partial charge in [-0.25, -0.2) is 0 Å². The van der Waals surface area contributed by atoms with E-state index in [1.54, 1.807) is 4.90 Å². The lowest BCUT2D eigenvalue weighted by atomic mass is 10.1.